The van der Waals surface area contributed by atoms with Gasteiger partial charge in [0, 0.05) is 0 Å². The predicted octanol–water partition coefficient (Wildman–Crippen LogP) is 4.35. The lowest BCUT2D eigenvalue weighted by Gasteiger charge is -2.13. The van der Waals surface area contributed by atoms with Crippen molar-refractivity contribution >= 4 is 22.8 Å². The molecule has 26 heavy (non-hydrogen) atoms. The van der Waals surface area contributed by atoms with Crippen LogP contribution in [0.2, 0.25) is 0 Å². The molecule has 0 atom stereocenters. The minimum Gasteiger partial charge on any atom is -0.463 e. The van der Waals surface area contributed by atoms with E-state index in [0.717, 1.165) is 11.3 Å². The maximum Gasteiger partial charge on any atom is 0.265 e. The first-order chi connectivity index (χ1) is 12.6. The third kappa shape index (κ3) is 2.84. The second kappa shape index (κ2) is 6.44. The summed E-state index contributed by atoms with van der Waals surface area (Å²) in [5, 5.41) is 0.566. The standard InChI is InChI=1S/C21H17N3O2/c1-14-6-3-4-8-20(14)24-15(2)23-19-12-16(9-10-18(19)21(24)25)22-13-17-7-5-11-26-17/h3-13H,1-2H3. The van der Waals surface area contributed by atoms with Crippen molar-refractivity contribution in [2.45, 2.75) is 13.8 Å². The van der Waals surface area contributed by atoms with Gasteiger partial charge in [0.15, 0.2) is 0 Å². The minimum absolute atomic E-state index is 0.0802. The fourth-order valence-electron chi connectivity index (χ4n) is 2.97. The van der Waals surface area contributed by atoms with E-state index in [2.05, 4.69) is 9.98 Å². The zero-order chi connectivity index (χ0) is 18.1. The molecule has 2 heterocycles. The predicted molar refractivity (Wildman–Crippen MR) is 103 cm³/mol. The van der Waals surface area contributed by atoms with E-state index in [1.165, 1.54) is 0 Å². The van der Waals surface area contributed by atoms with Gasteiger partial charge in [-0.2, -0.15) is 0 Å². The molecule has 0 fully saturated rings. The molecule has 0 unspecified atom stereocenters. The second-order valence-corrected chi connectivity index (χ2v) is 6.06. The summed E-state index contributed by atoms with van der Waals surface area (Å²) < 4.78 is 6.89. The smallest absolute Gasteiger partial charge is 0.265 e. The number of nitrogens with zero attached hydrogens (tertiary/aromatic N) is 3. The average molecular weight is 343 g/mol. The largest absolute Gasteiger partial charge is 0.463 e. The number of aliphatic imine (C=N–C) groups is 1. The molecule has 0 radical (unpaired) electrons. The lowest BCUT2D eigenvalue weighted by atomic mass is 10.1. The highest BCUT2D eigenvalue weighted by molar-refractivity contribution is 5.84. The van der Waals surface area contributed by atoms with Gasteiger partial charge in [-0.3, -0.25) is 14.4 Å². The molecule has 5 nitrogen and oxygen atoms in total. The van der Waals surface area contributed by atoms with Gasteiger partial charge < -0.3 is 4.42 Å². The van der Waals surface area contributed by atoms with E-state index in [0.29, 0.717) is 28.2 Å². The van der Waals surface area contributed by atoms with Crippen molar-refractivity contribution in [1.82, 2.24) is 9.55 Å². The topological polar surface area (TPSA) is 60.4 Å². The number of furan rings is 1. The van der Waals surface area contributed by atoms with Crippen molar-refractivity contribution in [1.29, 1.82) is 0 Å². The molecule has 2 aromatic carbocycles. The van der Waals surface area contributed by atoms with Crippen LogP contribution in [0.4, 0.5) is 5.69 Å². The number of aryl methyl sites for hydroxylation is 2. The lowest BCUT2D eigenvalue weighted by Crippen LogP contribution is -2.22. The third-order valence-corrected chi connectivity index (χ3v) is 4.26. The number of hydrogen-bond donors (Lipinski definition) is 0. The Morgan fingerprint density at radius 2 is 1.92 bits per heavy atom. The van der Waals surface area contributed by atoms with Gasteiger partial charge in [-0.05, 0) is 55.8 Å². The number of para-hydroxylation sites is 1. The van der Waals surface area contributed by atoms with E-state index < -0.39 is 0 Å². The quantitative estimate of drug-likeness (QED) is 0.520. The molecule has 0 aliphatic rings. The molecule has 0 aliphatic carbocycles. The molecular formula is C21H17N3O2. The lowest BCUT2D eigenvalue weighted by molar-refractivity contribution is 0.560. The summed E-state index contributed by atoms with van der Waals surface area (Å²) in [5.74, 6) is 1.31. The van der Waals surface area contributed by atoms with Crippen LogP contribution in [0.5, 0.6) is 0 Å². The van der Waals surface area contributed by atoms with Gasteiger partial charge in [-0.1, -0.05) is 18.2 Å². The van der Waals surface area contributed by atoms with Crippen LogP contribution in [0.25, 0.3) is 16.6 Å². The SMILES string of the molecule is Cc1ccccc1-n1c(C)nc2cc(N=Cc3ccco3)ccc2c1=O. The molecule has 0 saturated carbocycles. The molecule has 0 bridgehead atoms. The van der Waals surface area contributed by atoms with Gasteiger partial charge in [0.1, 0.15) is 11.6 Å². The summed E-state index contributed by atoms with van der Waals surface area (Å²) in [6.45, 7) is 3.82. The van der Waals surface area contributed by atoms with Crippen molar-refractivity contribution in [3.8, 4) is 5.69 Å². The van der Waals surface area contributed by atoms with Gasteiger partial charge in [-0.25, -0.2) is 4.98 Å². The van der Waals surface area contributed by atoms with E-state index in [1.54, 1.807) is 29.2 Å². The highest BCUT2D eigenvalue weighted by Crippen LogP contribution is 2.20. The van der Waals surface area contributed by atoms with Crippen molar-refractivity contribution in [3.63, 3.8) is 0 Å². The van der Waals surface area contributed by atoms with Crippen molar-refractivity contribution in [3.05, 3.63) is 88.4 Å². The Bertz CT molecular complexity index is 1170. The maximum absolute atomic E-state index is 13.0. The summed E-state index contributed by atoms with van der Waals surface area (Å²) >= 11 is 0. The Morgan fingerprint density at radius 3 is 2.69 bits per heavy atom. The Morgan fingerprint density at radius 1 is 1.08 bits per heavy atom. The van der Waals surface area contributed by atoms with Crippen LogP contribution in [0.1, 0.15) is 17.1 Å². The van der Waals surface area contributed by atoms with Crippen LogP contribution in [-0.4, -0.2) is 15.8 Å². The Hall–Kier alpha value is -3.47. The number of hydrogen-bond acceptors (Lipinski definition) is 4. The molecule has 2 aromatic heterocycles. The van der Waals surface area contributed by atoms with Crippen LogP contribution in [0, 0.1) is 13.8 Å². The molecule has 4 rings (SSSR count). The number of benzene rings is 2. The molecule has 0 aliphatic heterocycles. The molecule has 0 saturated heterocycles. The Kier molecular flexibility index (Phi) is 3.97. The van der Waals surface area contributed by atoms with Crippen LogP contribution in [0.3, 0.4) is 0 Å². The first-order valence-corrected chi connectivity index (χ1v) is 8.30. The average Bonchev–Trinajstić information content (AvgIpc) is 3.15. The van der Waals surface area contributed by atoms with Crippen LogP contribution < -0.4 is 5.56 Å². The Balaban J connectivity index is 1.83. The van der Waals surface area contributed by atoms with Gasteiger partial charge >= 0.3 is 0 Å². The molecular weight excluding hydrogens is 326 g/mol. The summed E-state index contributed by atoms with van der Waals surface area (Å²) in [4.78, 5) is 22.0. The first kappa shape index (κ1) is 16.0. The van der Waals surface area contributed by atoms with Crippen LogP contribution in [-0.2, 0) is 0 Å². The zero-order valence-corrected chi connectivity index (χ0v) is 14.5. The van der Waals surface area contributed by atoms with E-state index in [1.807, 2.05) is 56.3 Å². The highest BCUT2D eigenvalue weighted by atomic mass is 16.3. The molecule has 0 spiro atoms. The molecule has 5 heteroatoms. The summed E-state index contributed by atoms with van der Waals surface area (Å²) in [7, 11) is 0. The maximum atomic E-state index is 13.0. The fraction of sp³-hybridized carbons (Fsp3) is 0.0952. The minimum atomic E-state index is -0.0802. The van der Waals surface area contributed by atoms with Crippen molar-refractivity contribution in [2.75, 3.05) is 0 Å². The zero-order valence-electron chi connectivity index (χ0n) is 14.5. The summed E-state index contributed by atoms with van der Waals surface area (Å²) in [5.41, 5.74) is 3.14. The van der Waals surface area contributed by atoms with E-state index >= 15 is 0 Å². The van der Waals surface area contributed by atoms with Crippen LogP contribution in [0.15, 0.2) is 75.1 Å². The number of fused-ring (bicyclic) bond motifs is 1. The van der Waals surface area contributed by atoms with Gasteiger partial charge in [0.25, 0.3) is 5.56 Å². The molecule has 0 amide bonds. The highest BCUT2D eigenvalue weighted by Gasteiger charge is 2.11. The van der Waals surface area contributed by atoms with E-state index in [-0.39, 0.29) is 5.56 Å². The summed E-state index contributed by atoms with van der Waals surface area (Å²) in [6, 6.07) is 16.8. The number of aromatic nitrogens is 2. The normalized spacial score (nSPS) is 11.5. The van der Waals surface area contributed by atoms with Crippen LogP contribution >= 0.6 is 0 Å². The Labute approximate surface area is 150 Å². The molecule has 128 valence electrons. The third-order valence-electron chi connectivity index (χ3n) is 4.26. The van der Waals surface area contributed by atoms with E-state index in [4.69, 9.17) is 4.42 Å². The van der Waals surface area contributed by atoms with Gasteiger partial charge in [0.2, 0.25) is 0 Å². The first-order valence-electron chi connectivity index (χ1n) is 8.30. The molecule has 4 aromatic rings. The van der Waals surface area contributed by atoms with Gasteiger partial charge in [-0.15, -0.1) is 0 Å². The fourth-order valence-corrected chi connectivity index (χ4v) is 2.97. The van der Waals surface area contributed by atoms with Crippen molar-refractivity contribution in [2.24, 2.45) is 4.99 Å². The monoisotopic (exact) mass is 343 g/mol. The molecule has 0 N–H and O–H groups in total. The second-order valence-electron chi connectivity index (χ2n) is 6.06. The summed E-state index contributed by atoms with van der Waals surface area (Å²) in [6.07, 6.45) is 3.24. The number of rotatable bonds is 3. The van der Waals surface area contributed by atoms with Crippen molar-refractivity contribution < 1.29 is 4.42 Å². The van der Waals surface area contributed by atoms with Gasteiger partial charge in [0.05, 0.1) is 34.8 Å². The van der Waals surface area contributed by atoms with E-state index in [9.17, 15) is 4.79 Å².